The van der Waals surface area contributed by atoms with Crippen molar-refractivity contribution < 1.29 is 19.4 Å². The van der Waals surface area contributed by atoms with E-state index in [1.54, 1.807) is 60.7 Å². The predicted molar refractivity (Wildman–Crippen MR) is 113 cm³/mol. The van der Waals surface area contributed by atoms with E-state index >= 15 is 0 Å². The number of ether oxygens (including phenoxy) is 1. The fraction of sp³-hybridized carbons (Fsp3) is 0.0909. The van der Waals surface area contributed by atoms with Crippen LogP contribution in [0.2, 0.25) is 10.0 Å². The number of amides is 1. The van der Waals surface area contributed by atoms with Crippen LogP contribution in [0.3, 0.4) is 0 Å². The topological polar surface area (TPSA) is 75.6 Å². The van der Waals surface area contributed by atoms with Crippen LogP contribution in [0.1, 0.15) is 21.5 Å². The van der Waals surface area contributed by atoms with Crippen molar-refractivity contribution in [2.75, 3.05) is 5.32 Å². The molecule has 5 nitrogen and oxygen atoms in total. The van der Waals surface area contributed by atoms with E-state index in [4.69, 9.17) is 33.0 Å². The molecule has 3 aromatic carbocycles. The summed E-state index contributed by atoms with van der Waals surface area (Å²) in [5.74, 6) is -0.265. The molecule has 3 aromatic rings. The van der Waals surface area contributed by atoms with Gasteiger partial charge in [-0.3, -0.25) is 9.59 Å². The SMILES string of the molecule is Cc1ccc(C(=O)Nc2ccc(Oc3ccc(CC(=O)O)cc3Cl)cc2)cc1Cl. The molecule has 0 aliphatic rings. The standard InChI is InChI=1S/C22H17Cl2NO4/c1-13-2-4-15(12-18(13)23)22(28)25-16-5-7-17(8-6-16)29-20-9-3-14(10-19(20)24)11-21(26)27/h2-10,12H,11H2,1H3,(H,25,28)(H,26,27). The maximum absolute atomic E-state index is 12.3. The van der Waals surface area contributed by atoms with Gasteiger partial charge in [0.05, 0.1) is 11.4 Å². The molecule has 2 N–H and O–H groups in total. The van der Waals surface area contributed by atoms with Crippen molar-refractivity contribution in [3.8, 4) is 11.5 Å². The van der Waals surface area contributed by atoms with E-state index in [1.165, 1.54) is 0 Å². The van der Waals surface area contributed by atoms with Crippen molar-refractivity contribution in [3.05, 3.63) is 87.4 Å². The van der Waals surface area contributed by atoms with Crippen molar-refractivity contribution in [2.45, 2.75) is 13.3 Å². The van der Waals surface area contributed by atoms with Crippen molar-refractivity contribution >= 4 is 40.8 Å². The number of anilines is 1. The number of hydrogen-bond donors (Lipinski definition) is 2. The minimum absolute atomic E-state index is 0.111. The minimum atomic E-state index is -0.930. The van der Waals surface area contributed by atoms with Crippen LogP contribution in [-0.2, 0) is 11.2 Å². The fourth-order valence-electron chi connectivity index (χ4n) is 2.58. The molecule has 0 radical (unpaired) electrons. The second-order valence-electron chi connectivity index (χ2n) is 6.38. The number of carboxylic acid groups (broad SMARTS) is 1. The highest BCUT2D eigenvalue weighted by Gasteiger charge is 2.10. The summed E-state index contributed by atoms with van der Waals surface area (Å²) < 4.78 is 5.73. The third-order valence-electron chi connectivity index (χ3n) is 4.13. The number of carbonyl (C=O) groups is 2. The summed E-state index contributed by atoms with van der Waals surface area (Å²) in [7, 11) is 0. The normalized spacial score (nSPS) is 10.4. The molecule has 0 aliphatic heterocycles. The molecule has 0 saturated carbocycles. The summed E-state index contributed by atoms with van der Waals surface area (Å²) in [6.45, 7) is 1.87. The van der Waals surface area contributed by atoms with E-state index in [0.717, 1.165) is 5.56 Å². The lowest BCUT2D eigenvalue weighted by atomic mass is 10.1. The molecule has 3 rings (SSSR count). The van der Waals surface area contributed by atoms with Gasteiger partial charge in [-0.05, 0) is 66.6 Å². The average Bonchev–Trinajstić information content (AvgIpc) is 2.67. The zero-order valence-electron chi connectivity index (χ0n) is 15.4. The number of rotatable bonds is 6. The monoisotopic (exact) mass is 429 g/mol. The molecular weight excluding hydrogens is 413 g/mol. The zero-order chi connectivity index (χ0) is 21.0. The maximum atomic E-state index is 12.3. The van der Waals surface area contributed by atoms with Gasteiger partial charge < -0.3 is 15.2 Å². The van der Waals surface area contributed by atoms with Gasteiger partial charge in [-0.1, -0.05) is 35.3 Å². The molecule has 148 valence electrons. The lowest BCUT2D eigenvalue weighted by molar-refractivity contribution is -0.136. The lowest BCUT2D eigenvalue weighted by Gasteiger charge is -2.10. The van der Waals surface area contributed by atoms with Crippen molar-refractivity contribution in [1.29, 1.82) is 0 Å². The van der Waals surface area contributed by atoms with E-state index < -0.39 is 5.97 Å². The number of halogens is 2. The number of aryl methyl sites for hydroxylation is 1. The quantitative estimate of drug-likeness (QED) is 0.505. The first-order chi connectivity index (χ1) is 13.8. The molecular formula is C22H17Cl2NO4. The van der Waals surface area contributed by atoms with Gasteiger partial charge >= 0.3 is 5.97 Å². The Kier molecular flexibility index (Phi) is 6.42. The van der Waals surface area contributed by atoms with Gasteiger partial charge in [-0.15, -0.1) is 0 Å². The summed E-state index contributed by atoms with van der Waals surface area (Å²) >= 11 is 12.2. The summed E-state index contributed by atoms with van der Waals surface area (Å²) in [5.41, 5.74) is 2.56. The van der Waals surface area contributed by atoms with Gasteiger partial charge in [-0.2, -0.15) is 0 Å². The Balaban J connectivity index is 1.66. The number of carboxylic acids is 1. The zero-order valence-corrected chi connectivity index (χ0v) is 16.9. The van der Waals surface area contributed by atoms with Crippen LogP contribution < -0.4 is 10.1 Å². The van der Waals surface area contributed by atoms with E-state index in [-0.39, 0.29) is 12.3 Å². The number of aliphatic carboxylic acids is 1. The molecule has 0 spiro atoms. The molecule has 0 aromatic heterocycles. The number of carbonyl (C=O) groups excluding carboxylic acids is 1. The second-order valence-corrected chi connectivity index (χ2v) is 7.19. The fourth-order valence-corrected chi connectivity index (χ4v) is 3.00. The predicted octanol–water partition coefficient (Wildman–Crippen LogP) is 5.97. The van der Waals surface area contributed by atoms with Crippen LogP contribution in [0.15, 0.2) is 60.7 Å². The van der Waals surface area contributed by atoms with Crippen LogP contribution in [-0.4, -0.2) is 17.0 Å². The van der Waals surface area contributed by atoms with E-state index in [1.807, 2.05) is 6.92 Å². The first-order valence-corrected chi connectivity index (χ1v) is 9.43. The molecule has 0 atom stereocenters. The van der Waals surface area contributed by atoms with Gasteiger partial charge in [-0.25, -0.2) is 0 Å². The third kappa shape index (κ3) is 5.50. The Labute approximate surface area is 177 Å². The lowest BCUT2D eigenvalue weighted by Crippen LogP contribution is -2.11. The summed E-state index contributed by atoms with van der Waals surface area (Å²) in [6, 6.07) is 16.8. The second kappa shape index (κ2) is 8.99. The van der Waals surface area contributed by atoms with Crippen LogP contribution in [0, 0.1) is 6.92 Å². The van der Waals surface area contributed by atoms with Crippen LogP contribution in [0.4, 0.5) is 5.69 Å². The first-order valence-electron chi connectivity index (χ1n) is 8.67. The van der Waals surface area contributed by atoms with Crippen LogP contribution in [0.5, 0.6) is 11.5 Å². The van der Waals surface area contributed by atoms with Crippen LogP contribution in [0.25, 0.3) is 0 Å². The molecule has 1 amide bonds. The summed E-state index contributed by atoms with van der Waals surface area (Å²) in [5, 5.41) is 12.5. The van der Waals surface area contributed by atoms with Crippen molar-refractivity contribution in [2.24, 2.45) is 0 Å². The Hall–Kier alpha value is -3.02. The van der Waals surface area contributed by atoms with Gasteiger partial charge in [0.25, 0.3) is 5.91 Å². The molecule has 0 bridgehead atoms. The summed E-state index contributed by atoms with van der Waals surface area (Å²) in [4.78, 5) is 23.1. The Morgan fingerprint density at radius 3 is 2.31 bits per heavy atom. The maximum Gasteiger partial charge on any atom is 0.307 e. The minimum Gasteiger partial charge on any atom is -0.481 e. The van der Waals surface area contributed by atoms with Gasteiger partial charge in [0.2, 0.25) is 0 Å². The van der Waals surface area contributed by atoms with E-state index in [0.29, 0.717) is 38.4 Å². The van der Waals surface area contributed by atoms with Crippen molar-refractivity contribution in [1.82, 2.24) is 0 Å². The number of hydrogen-bond acceptors (Lipinski definition) is 3. The Bertz CT molecular complexity index is 1060. The van der Waals surface area contributed by atoms with E-state index in [2.05, 4.69) is 5.32 Å². The smallest absolute Gasteiger partial charge is 0.307 e. The molecule has 0 unspecified atom stereocenters. The van der Waals surface area contributed by atoms with Crippen LogP contribution >= 0.6 is 23.2 Å². The summed E-state index contributed by atoms with van der Waals surface area (Å²) in [6.07, 6.45) is -0.111. The van der Waals surface area contributed by atoms with E-state index in [9.17, 15) is 9.59 Å². The first kappa shape index (κ1) is 20.7. The molecule has 0 fully saturated rings. The molecule has 29 heavy (non-hydrogen) atoms. The molecule has 7 heteroatoms. The Morgan fingerprint density at radius 1 is 0.966 bits per heavy atom. The molecule has 0 aliphatic carbocycles. The number of benzene rings is 3. The van der Waals surface area contributed by atoms with Crippen molar-refractivity contribution in [3.63, 3.8) is 0 Å². The Morgan fingerprint density at radius 2 is 1.69 bits per heavy atom. The average molecular weight is 430 g/mol. The number of nitrogens with one attached hydrogen (secondary N) is 1. The van der Waals surface area contributed by atoms with Gasteiger partial charge in [0, 0.05) is 16.3 Å². The highest BCUT2D eigenvalue weighted by atomic mass is 35.5. The third-order valence-corrected chi connectivity index (χ3v) is 4.83. The largest absolute Gasteiger partial charge is 0.481 e. The highest BCUT2D eigenvalue weighted by molar-refractivity contribution is 6.32. The van der Waals surface area contributed by atoms with Gasteiger partial charge in [0.1, 0.15) is 11.5 Å². The highest BCUT2D eigenvalue weighted by Crippen LogP contribution is 2.31. The molecule has 0 heterocycles. The van der Waals surface area contributed by atoms with Gasteiger partial charge in [0.15, 0.2) is 0 Å². The molecule has 0 saturated heterocycles.